The zero-order valence-electron chi connectivity index (χ0n) is 22.3. The number of non-ortho nitro benzene ring substituents is 1. The molecule has 212 valence electrons. The lowest BCUT2D eigenvalue weighted by Gasteiger charge is -2.23. The molecular weight excluding hydrogens is 551 g/mol. The molecule has 3 amide bonds. The van der Waals surface area contributed by atoms with Gasteiger partial charge >= 0.3 is 6.09 Å². The number of carbonyl (C=O) groups is 3. The number of hydrogen-bond donors (Lipinski definition) is 3. The lowest BCUT2D eigenvalue weighted by atomic mass is 10.0. The molecule has 13 heteroatoms. The van der Waals surface area contributed by atoms with E-state index in [1.165, 1.54) is 18.2 Å². The normalized spacial score (nSPS) is 11.9. The van der Waals surface area contributed by atoms with Gasteiger partial charge in [-0.05, 0) is 57.4 Å². The van der Waals surface area contributed by atoms with E-state index in [4.69, 9.17) is 32.7 Å². The van der Waals surface area contributed by atoms with Gasteiger partial charge in [0, 0.05) is 23.7 Å². The van der Waals surface area contributed by atoms with Crippen LogP contribution in [0, 0.1) is 16.0 Å². The van der Waals surface area contributed by atoms with Crippen LogP contribution in [-0.2, 0) is 9.53 Å². The van der Waals surface area contributed by atoms with Crippen molar-refractivity contribution in [1.29, 1.82) is 0 Å². The molecule has 0 fully saturated rings. The predicted octanol–water partition coefficient (Wildman–Crippen LogP) is 5.59. The second-order valence-electron chi connectivity index (χ2n) is 9.88. The van der Waals surface area contributed by atoms with Gasteiger partial charge in [0.25, 0.3) is 11.6 Å². The van der Waals surface area contributed by atoms with Crippen LogP contribution in [0.2, 0.25) is 10.0 Å². The maximum absolute atomic E-state index is 13.2. The highest BCUT2D eigenvalue weighted by Gasteiger charge is 2.27. The number of hydrogen-bond acceptors (Lipinski definition) is 7. The van der Waals surface area contributed by atoms with Gasteiger partial charge in [-0.2, -0.15) is 0 Å². The number of alkyl carbamates (subject to hydrolysis) is 1. The first-order chi connectivity index (χ1) is 18.2. The van der Waals surface area contributed by atoms with Crippen LogP contribution in [0.5, 0.6) is 5.75 Å². The zero-order chi connectivity index (χ0) is 29.3. The molecule has 2 aromatic rings. The number of anilines is 1. The molecule has 0 saturated heterocycles. The number of nitrogens with zero attached hydrogens (tertiary/aromatic N) is 1. The van der Waals surface area contributed by atoms with Crippen LogP contribution in [0.3, 0.4) is 0 Å². The SMILES string of the molecule is CC(C)[C@H](NC(=O)c1cc(Cl)ccc1OCCCNC(=O)OC(C)(C)C)C(=O)Nc1ccc([N+](=O)[O-])cc1Cl. The van der Waals surface area contributed by atoms with Crippen LogP contribution in [0.25, 0.3) is 0 Å². The van der Waals surface area contributed by atoms with Gasteiger partial charge < -0.3 is 25.4 Å². The molecule has 0 aromatic heterocycles. The van der Waals surface area contributed by atoms with Gasteiger partial charge in [-0.3, -0.25) is 19.7 Å². The first kappa shape index (κ1) is 31.6. The minimum absolute atomic E-state index is 0.0157. The lowest BCUT2D eigenvalue weighted by molar-refractivity contribution is -0.384. The largest absolute Gasteiger partial charge is 0.493 e. The standard InChI is InChI=1S/C26H32Cl2N4O7/c1-15(2)22(24(34)30-20-9-8-17(32(36)37)14-19(20)28)31-23(33)18-13-16(27)7-10-21(18)38-12-6-11-29-25(35)39-26(3,4)5/h7-10,13-15,22H,6,11-12H2,1-5H3,(H,29,35)(H,30,34)(H,31,33)/t22-/m0/s1. The fourth-order valence-corrected chi connectivity index (χ4v) is 3.64. The quantitative estimate of drug-likeness (QED) is 0.177. The maximum Gasteiger partial charge on any atom is 0.407 e. The number of halogens is 2. The first-order valence-electron chi connectivity index (χ1n) is 12.1. The minimum atomic E-state index is -0.978. The molecule has 0 aliphatic carbocycles. The third kappa shape index (κ3) is 10.3. The highest BCUT2D eigenvalue weighted by atomic mass is 35.5. The van der Waals surface area contributed by atoms with Gasteiger partial charge in [-0.25, -0.2) is 4.79 Å². The monoisotopic (exact) mass is 582 g/mol. The van der Waals surface area contributed by atoms with Crippen molar-refractivity contribution in [1.82, 2.24) is 10.6 Å². The number of nitro benzene ring substituents is 1. The van der Waals surface area contributed by atoms with Crippen molar-refractivity contribution in [3.63, 3.8) is 0 Å². The summed E-state index contributed by atoms with van der Waals surface area (Å²) < 4.78 is 10.9. The van der Waals surface area contributed by atoms with E-state index in [1.807, 2.05) is 0 Å². The Morgan fingerprint density at radius 1 is 1.08 bits per heavy atom. The maximum atomic E-state index is 13.2. The summed E-state index contributed by atoms with van der Waals surface area (Å²) in [5, 5.41) is 19.1. The molecule has 39 heavy (non-hydrogen) atoms. The Kier molecular flexibility index (Phi) is 11.4. The average Bonchev–Trinajstić information content (AvgIpc) is 2.82. The molecule has 2 rings (SSSR count). The number of ether oxygens (including phenoxy) is 2. The molecule has 1 atom stereocenters. The summed E-state index contributed by atoms with van der Waals surface area (Å²) in [6.45, 7) is 9.27. The van der Waals surface area contributed by atoms with Crippen LogP contribution in [0.1, 0.15) is 51.4 Å². The van der Waals surface area contributed by atoms with Crippen molar-refractivity contribution in [2.24, 2.45) is 5.92 Å². The van der Waals surface area contributed by atoms with Crippen LogP contribution >= 0.6 is 23.2 Å². The highest BCUT2D eigenvalue weighted by Crippen LogP contribution is 2.27. The van der Waals surface area contributed by atoms with Crippen LogP contribution < -0.4 is 20.7 Å². The van der Waals surface area contributed by atoms with Crippen molar-refractivity contribution >= 4 is 52.5 Å². The van der Waals surface area contributed by atoms with E-state index in [-0.39, 0.29) is 40.2 Å². The van der Waals surface area contributed by atoms with Crippen LogP contribution in [0.4, 0.5) is 16.2 Å². The number of nitro groups is 1. The van der Waals surface area contributed by atoms with E-state index < -0.39 is 34.5 Å². The van der Waals surface area contributed by atoms with E-state index >= 15 is 0 Å². The minimum Gasteiger partial charge on any atom is -0.493 e. The molecule has 2 aromatic carbocycles. The van der Waals surface area contributed by atoms with Crippen molar-refractivity contribution in [3.8, 4) is 5.75 Å². The summed E-state index contributed by atoms with van der Waals surface area (Å²) in [7, 11) is 0. The molecule has 0 heterocycles. The van der Waals surface area contributed by atoms with E-state index in [0.29, 0.717) is 18.0 Å². The fourth-order valence-electron chi connectivity index (χ4n) is 3.25. The second-order valence-corrected chi connectivity index (χ2v) is 10.7. The summed E-state index contributed by atoms with van der Waals surface area (Å²) in [6, 6.07) is 7.21. The molecule has 0 aliphatic heterocycles. The van der Waals surface area contributed by atoms with Crippen molar-refractivity contribution in [2.45, 2.75) is 52.7 Å². The number of benzene rings is 2. The number of rotatable bonds is 11. The molecule has 0 radical (unpaired) electrons. The Bertz CT molecular complexity index is 1220. The van der Waals surface area contributed by atoms with Gasteiger partial charge in [0.05, 0.1) is 27.8 Å². The van der Waals surface area contributed by atoms with E-state index in [0.717, 1.165) is 6.07 Å². The zero-order valence-corrected chi connectivity index (χ0v) is 23.8. The van der Waals surface area contributed by atoms with E-state index in [2.05, 4.69) is 16.0 Å². The molecule has 0 unspecified atom stereocenters. The van der Waals surface area contributed by atoms with Gasteiger partial charge in [0.15, 0.2) is 0 Å². The molecule has 0 spiro atoms. The lowest BCUT2D eigenvalue weighted by Crippen LogP contribution is -2.47. The molecule has 0 aliphatic rings. The Hall–Kier alpha value is -3.57. The summed E-state index contributed by atoms with van der Waals surface area (Å²) >= 11 is 12.2. The summed E-state index contributed by atoms with van der Waals surface area (Å²) in [5.74, 6) is -1.24. The average molecular weight is 583 g/mol. The fraction of sp³-hybridized carbons (Fsp3) is 0.423. The van der Waals surface area contributed by atoms with Crippen molar-refractivity contribution in [3.05, 3.63) is 62.1 Å². The predicted molar refractivity (Wildman–Crippen MR) is 149 cm³/mol. The molecule has 0 bridgehead atoms. The number of nitrogens with one attached hydrogen (secondary N) is 3. The van der Waals surface area contributed by atoms with Gasteiger partial charge in [0.2, 0.25) is 5.91 Å². The van der Waals surface area contributed by atoms with Gasteiger partial charge in [0.1, 0.15) is 17.4 Å². The second kappa shape index (κ2) is 14.0. The summed E-state index contributed by atoms with van der Waals surface area (Å²) in [4.78, 5) is 48.3. The van der Waals surface area contributed by atoms with Crippen LogP contribution in [-0.4, -0.2) is 47.6 Å². The smallest absolute Gasteiger partial charge is 0.407 e. The molecular formula is C26H32Cl2N4O7. The van der Waals surface area contributed by atoms with Crippen LogP contribution in [0.15, 0.2) is 36.4 Å². The highest BCUT2D eigenvalue weighted by molar-refractivity contribution is 6.34. The third-order valence-corrected chi connectivity index (χ3v) is 5.64. The Labute approximate surface area is 236 Å². The molecule has 3 N–H and O–H groups in total. The Morgan fingerprint density at radius 2 is 1.77 bits per heavy atom. The Balaban J connectivity index is 2.05. The summed E-state index contributed by atoms with van der Waals surface area (Å²) in [5.41, 5.74) is -0.542. The van der Waals surface area contributed by atoms with E-state index in [1.54, 1.807) is 46.8 Å². The topological polar surface area (TPSA) is 149 Å². The summed E-state index contributed by atoms with van der Waals surface area (Å²) in [6.07, 6.45) is -0.0993. The first-order valence-corrected chi connectivity index (χ1v) is 12.9. The third-order valence-electron chi connectivity index (χ3n) is 5.09. The number of carbonyl (C=O) groups excluding carboxylic acids is 3. The molecule has 0 saturated carbocycles. The Morgan fingerprint density at radius 3 is 2.36 bits per heavy atom. The van der Waals surface area contributed by atoms with Gasteiger partial charge in [-0.1, -0.05) is 37.0 Å². The molecule has 11 nitrogen and oxygen atoms in total. The van der Waals surface area contributed by atoms with Crippen molar-refractivity contribution < 1.29 is 28.8 Å². The van der Waals surface area contributed by atoms with E-state index in [9.17, 15) is 24.5 Å². The number of amides is 3. The van der Waals surface area contributed by atoms with Gasteiger partial charge in [-0.15, -0.1) is 0 Å². The van der Waals surface area contributed by atoms with Crippen molar-refractivity contribution in [2.75, 3.05) is 18.5 Å².